The van der Waals surface area contributed by atoms with Crippen molar-refractivity contribution in [2.75, 3.05) is 12.3 Å². The van der Waals surface area contributed by atoms with Crippen LogP contribution in [0.25, 0.3) is 10.2 Å². The van der Waals surface area contributed by atoms with Crippen LogP contribution < -0.4 is 10.5 Å². The third kappa shape index (κ3) is 2.62. The zero-order chi connectivity index (χ0) is 11.8. The van der Waals surface area contributed by atoms with Gasteiger partial charge in [0, 0.05) is 6.07 Å². The number of ether oxygens (including phenoxy) is 1. The summed E-state index contributed by atoms with van der Waals surface area (Å²) in [7, 11) is 0. The third-order valence-electron chi connectivity index (χ3n) is 1.97. The van der Waals surface area contributed by atoms with Gasteiger partial charge in [-0.15, -0.1) is 0 Å². The molecule has 1 aromatic carbocycles. The predicted octanol–water partition coefficient (Wildman–Crippen LogP) is 2.03. The van der Waals surface area contributed by atoms with Gasteiger partial charge in [-0.2, -0.15) is 0 Å². The van der Waals surface area contributed by atoms with Gasteiger partial charge in [-0.25, -0.2) is 4.98 Å². The highest BCUT2D eigenvalue weighted by Crippen LogP contribution is 2.27. The van der Waals surface area contributed by atoms with Crippen molar-refractivity contribution in [2.24, 2.45) is 0 Å². The van der Waals surface area contributed by atoms with Crippen LogP contribution in [0, 0.1) is 0 Å². The van der Waals surface area contributed by atoms with E-state index in [-0.39, 0.29) is 6.61 Å². The molecule has 86 valence electrons. The lowest BCUT2D eigenvalue weighted by Gasteiger charge is -2.17. The number of hydrogen-bond acceptors (Lipinski definition) is 5. The number of benzene rings is 1. The van der Waals surface area contributed by atoms with Crippen molar-refractivity contribution < 1.29 is 9.84 Å². The number of anilines is 1. The Balaban J connectivity index is 2.19. The number of nitrogen functional groups attached to an aromatic ring is 1. The van der Waals surface area contributed by atoms with Gasteiger partial charge in [0.1, 0.15) is 12.4 Å². The molecular formula is C11H14N2O2S. The van der Waals surface area contributed by atoms with E-state index in [0.717, 1.165) is 10.2 Å². The molecule has 0 aliphatic heterocycles. The number of rotatable bonds is 3. The fourth-order valence-corrected chi connectivity index (χ4v) is 1.99. The number of aliphatic hydroxyl groups is 1. The first-order chi connectivity index (χ1) is 7.44. The lowest BCUT2D eigenvalue weighted by atomic mass is 10.2. The van der Waals surface area contributed by atoms with Crippen LogP contribution in [-0.2, 0) is 0 Å². The molecule has 2 aromatic rings. The summed E-state index contributed by atoms with van der Waals surface area (Å²) in [5, 5.41) is 10.1. The van der Waals surface area contributed by atoms with Crippen LogP contribution in [0.4, 0.5) is 5.13 Å². The molecule has 0 saturated carbocycles. The molecule has 4 nitrogen and oxygen atoms in total. The van der Waals surface area contributed by atoms with Gasteiger partial charge in [-0.1, -0.05) is 11.3 Å². The molecule has 0 aliphatic rings. The van der Waals surface area contributed by atoms with Gasteiger partial charge in [0.25, 0.3) is 0 Å². The molecule has 0 spiro atoms. The summed E-state index contributed by atoms with van der Waals surface area (Å²) in [6.07, 6.45) is 0. The molecule has 0 aliphatic carbocycles. The summed E-state index contributed by atoms with van der Waals surface area (Å²) in [5.41, 5.74) is 5.60. The van der Waals surface area contributed by atoms with E-state index < -0.39 is 5.60 Å². The first-order valence-corrected chi connectivity index (χ1v) is 5.77. The Morgan fingerprint density at radius 1 is 1.50 bits per heavy atom. The molecule has 5 heteroatoms. The Hall–Kier alpha value is -1.33. The Morgan fingerprint density at radius 3 is 2.94 bits per heavy atom. The minimum absolute atomic E-state index is 0.248. The van der Waals surface area contributed by atoms with E-state index >= 15 is 0 Å². The van der Waals surface area contributed by atoms with E-state index in [0.29, 0.717) is 10.9 Å². The smallest absolute Gasteiger partial charge is 0.181 e. The fraction of sp³-hybridized carbons (Fsp3) is 0.364. The average molecular weight is 238 g/mol. The molecule has 3 N–H and O–H groups in total. The molecule has 1 aromatic heterocycles. The van der Waals surface area contributed by atoms with Crippen LogP contribution in [0.3, 0.4) is 0 Å². The maximum absolute atomic E-state index is 9.54. The molecule has 0 atom stereocenters. The fourth-order valence-electron chi connectivity index (χ4n) is 1.27. The summed E-state index contributed by atoms with van der Waals surface area (Å²) >= 11 is 1.45. The van der Waals surface area contributed by atoms with Crippen molar-refractivity contribution in [1.29, 1.82) is 0 Å². The molecule has 0 amide bonds. The van der Waals surface area contributed by atoms with Gasteiger partial charge < -0.3 is 15.6 Å². The van der Waals surface area contributed by atoms with Gasteiger partial charge in [0.05, 0.1) is 15.8 Å². The number of thiazole rings is 1. The second-order valence-electron chi connectivity index (χ2n) is 4.28. The Morgan fingerprint density at radius 2 is 2.25 bits per heavy atom. The van der Waals surface area contributed by atoms with Crippen LogP contribution in [0.1, 0.15) is 13.8 Å². The summed E-state index contributed by atoms with van der Waals surface area (Å²) in [5.74, 6) is 0.694. The van der Waals surface area contributed by atoms with Crippen LogP contribution in [0.2, 0.25) is 0 Å². The van der Waals surface area contributed by atoms with Gasteiger partial charge in [-0.3, -0.25) is 0 Å². The predicted molar refractivity (Wildman–Crippen MR) is 65.8 cm³/mol. The summed E-state index contributed by atoms with van der Waals surface area (Å²) < 4.78 is 6.50. The average Bonchev–Trinajstić information content (AvgIpc) is 2.52. The van der Waals surface area contributed by atoms with Gasteiger partial charge >= 0.3 is 0 Å². The van der Waals surface area contributed by atoms with E-state index in [4.69, 9.17) is 10.5 Å². The SMILES string of the molecule is CC(C)(O)COc1ccc2sc(N)nc2c1. The number of nitrogens with zero attached hydrogens (tertiary/aromatic N) is 1. The van der Waals surface area contributed by atoms with Crippen molar-refractivity contribution in [2.45, 2.75) is 19.4 Å². The molecule has 0 fully saturated rings. The van der Waals surface area contributed by atoms with Crippen molar-refractivity contribution in [3.05, 3.63) is 18.2 Å². The first kappa shape index (κ1) is 11.2. The number of nitrogens with two attached hydrogens (primary N) is 1. The second-order valence-corrected chi connectivity index (χ2v) is 5.34. The van der Waals surface area contributed by atoms with Gasteiger partial charge in [0.15, 0.2) is 5.13 Å². The Labute approximate surface area is 97.7 Å². The first-order valence-electron chi connectivity index (χ1n) is 4.95. The molecular weight excluding hydrogens is 224 g/mol. The van der Waals surface area contributed by atoms with Gasteiger partial charge in [-0.05, 0) is 26.0 Å². The summed E-state index contributed by atoms with van der Waals surface area (Å²) in [6, 6.07) is 5.60. The summed E-state index contributed by atoms with van der Waals surface area (Å²) in [6.45, 7) is 3.65. The van der Waals surface area contributed by atoms with Crippen molar-refractivity contribution in [1.82, 2.24) is 4.98 Å². The second kappa shape index (κ2) is 3.92. The summed E-state index contributed by atoms with van der Waals surface area (Å²) in [4.78, 5) is 4.17. The van der Waals surface area contributed by atoms with Gasteiger partial charge in [0.2, 0.25) is 0 Å². The Kier molecular flexibility index (Phi) is 2.73. The maximum Gasteiger partial charge on any atom is 0.181 e. The van der Waals surface area contributed by atoms with Crippen molar-refractivity contribution in [3.8, 4) is 5.75 Å². The standard InChI is InChI=1S/C11H14N2O2S/c1-11(2,14)6-15-7-3-4-9-8(5-7)13-10(12)16-9/h3-5,14H,6H2,1-2H3,(H2,12,13). The zero-order valence-electron chi connectivity index (χ0n) is 9.23. The topological polar surface area (TPSA) is 68.4 Å². The number of hydrogen-bond donors (Lipinski definition) is 2. The van der Waals surface area contributed by atoms with Crippen molar-refractivity contribution in [3.63, 3.8) is 0 Å². The molecule has 2 rings (SSSR count). The lowest BCUT2D eigenvalue weighted by molar-refractivity contribution is 0.0285. The van der Waals surface area contributed by atoms with Crippen LogP contribution in [0.15, 0.2) is 18.2 Å². The van der Waals surface area contributed by atoms with E-state index in [9.17, 15) is 5.11 Å². The van der Waals surface area contributed by atoms with Crippen LogP contribution >= 0.6 is 11.3 Å². The zero-order valence-corrected chi connectivity index (χ0v) is 10.0. The van der Waals surface area contributed by atoms with E-state index in [1.54, 1.807) is 13.8 Å². The molecule has 16 heavy (non-hydrogen) atoms. The molecule has 0 saturated heterocycles. The van der Waals surface area contributed by atoms with Crippen LogP contribution in [-0.4, -0.2) is 22.3 Å². The molecule has 1 heterocycles. The van der Waals surface area contributed by atoms with E-state index in [1.807, 2.05) is 18.2 Å². The highest BCUT2D eigenvalue weighted by Gasteiger charge is 2.13. The monoisotopic (exact) mass is 238 g/mol. The Bertz CT molecular complexity index is 502. The maximum atomic E-state index is 9.54. The van der Waals surface area contributed by atoms with Crippen LogP contribution in [0.5, 0.6) is 5.75 Å². The highest BCUT2D eigenvalue weighted by molar-refractivity contribution is 7.22. The minimum Gasteiger partial charge on any atom is -0.491 e. The molecule has 0 bridgehead atoms. The largest absolute Gasteiger partial charge is 0.491 e. The normalized spacial score (nSPS) is 11.9. The van der Waals surface area contributed by atoms with Crippen molar-refractivity contribution >= 4 is 26.7 Å². The van der Waals surface area contributed by atoms with E-state index in [1.165, 1.54) is 11.3 Å². The number of aromatic nitrogens is 1. The minimum atomic E-state index is -0.837. The van der Waals surface area contributed by atoms with E-state index in [2.05, 4.69) is 4.98 Å². The third-order valence-corrected chi connectivity index (χ3v) is 2.83. The number of fused-ring (bicyclic) bond motifs is 1. The molecule has 0 radical (unpaired) electrons. The quantitative estimate of drug-likeness (QED) is 0.858. The lowest BCUT2D eigenvalue weighted by Crippen LogP contribution is -2.27. The highest BCUT2D eigenvalue weighted by atomic mass is 32.1. The molecule has 0 unspecified atom stereocenters.